The highest BCUT2D eigenvalue weighted by Crippen LogP contribution is 2.22. The summed E-state index contributed by atoms with van der Waals surface area (Å²) < 4.78 is 25.8. The number of aromatic nitrogens is 1. The number of rotatable bonds is 8. The number of para-hydroxylation sites is 1. The average Bonchev–Trinajstić information content (AvgIpc) is 2.86. The normalized spacial score (nSPS) is 10.7. The molecule has 0 bridgehead atoms. The lowest BCUT2D eigenvalue weighted by molar-refractivity contribution is -0.116. The third-order valence-corrected chi connectivity index (χ3v) is 5.40. The number of halogens is 1. The zero-order chi connectivity index (χ0) is 24.1. The topological polar surface area (TPSA) is 81.6 Å². The molecule has 0 saturated heterocycles. The molecule has 0 atom stereocenters. The van der Waals surface area contributed by atoms with Gasteiger partial charge in [-0.25, -0.2) is 4.39 Å². The van der Waals surface area contributed by atoms with Crippen molar-refractivity contribution in [3.8, 4) is 11.5 Å². The Morgan fingerprint density at radius 3 is 2.35 bits per heavy atom. The molecule has 2 N–H and O–H groups in total. The number of anilines is 2. The van der Waals surface area contributed by atoms with E-state index in [1.165, 1.54) is 29.9 Å². The van der Waals surface area contributed by atoms with E-state index in [1.807, 2.05) is 30.3 Å². The van der Waals surface area contributed by atoms with Gasteiger partial charge < -0.3 is 20.1 Å². The molecule has 8 heteroatoms. The second-order valence-electron chi connectivity index (χ2n) is 7.60. The van der Waals surface area contributed by atoms with Crippen LogP contribution in [-0.4, -0.2) is 24.7 Å². The van der Waals surface area contributed by atoms with E-state index in [0.717, 1.165) is 16.8 Å². The van der Waals surface area contributed by atoms with Crippen LogP contribution < -0.4 is 25.7 Å². The van der Waals surface area contributed by atoms with Gasteiger partial charge in [0.2, 0.25) is 5.91 Å². The third-order valence-electron chi connectivity index (χ3n) is 5.40. The summed E-state index contributed by atoms with van der Waals surface area (Å²) in [6.07, 6.45) is 0. The van der Waals surface area contributed by atoms with Gasteiger partial charge in [0.25, 0.3) is 5.56 Å². The van der Waals surface area contributed by atoms with E-state index in [0.29, 0.717) is 16.8 Å². The lowest BCUT2D eigenvalue weighted by atomic mass is 10.1. The van der Waals surface area contributed by atoms with Gasteiger partial charge in [-0.2, -0.15) is 0 Å². The van der Waals surface area contributed by atoms with Gasteiger partial charge in [-0.3, -0.25) is 14.2 Å². The number of fused-ring (bicyclic) bond motifs is 1. The zero-order valence-corrected chi connectivity index (χ0v) is 18.8. The molecule has 1 heterocycles. The molecular weight excluding hydrogens is 437 g/mol. The van der Waals surface area contributed by atoms with Crippen molar-refractivity contribution in [1.29, 1.82) is 0 Å². The predicted octanol–water partition coefficient (Wildman–Crippen LogP) is 4.41. The number of amides is 1. The largest absolute Gasteiger partial charge is 0.497 e. The van der Waals surface area contributed by atoms with Gasteiger partial charge in [-0.1, -0.05) is 12.1 Å². The fourth-order valence-corrected chi connectivity index (χ4v) is 3.62. The van der Waals surface area contributed by atoms with Crippen molar-refractivity contribution in [2.75, 3.05) is 24.9 Å². The van der Waals surface area contributed by atoms with Crippen LogP contribution in [0.3, 0.4) is 0 Å². The Morgan fingerprint density at radius 1 is 0.941 bits per heavy atom. The first-order valence-corrected chi connectivity index (χ1v) is 10.6. The second kappa shape index (κ2) is 10.1. The van der Waals surface area contributed by atoms with Crippen molar-refractivity contribution in [3.63, 3.8) is 0 Å². The molecule has 7 nitrogen and oxygen atoms in total. The zero-order valence-electron chi connectivity index (χ0n) is 18.8. The van der Waals surface area contributed by atoms with E-state index in [1.54, 1.807) is 31.4 Å². The Bertz CT molecular complexity index is 1380. The Balaban J connectivity index is 1.66. The predicted molar refractivity (Wildman–Crippen MR) is 130 cm³/mol. The van der Waals surface area contributed by atoms with E-state index in [2.05, 4.69) is 10.6 Å². The number of methoxy groups -OCH3 is 2. The Morgan fingerprint density at radius 2 is 1.65 bits per heavy atom. The van der Waals surface area contributed by atoms with Crippen molar-refractivity contribution in [2.45, 2.75) is 13.1 Å². The SMILES string of the molecule is COc1ccc(NCc2cc3ccc(OC)cc3n(CC(=O)Nc3ccccc3F)c2=O)cc1. The summed E-state index contributed by atoms with van der Waals surface area (Å²) in [6, 6.07) is 20.3. The van der Waals surface area contributed by atoms with E-state index in [9.17, 15) is 14.0 Å². The highest BCUT2D eigenvalue weighted by atomic mass is 19.1. The molecule has 0 aliphatic carbocycles. The highest BCUT2D eigenvalue weighted by molar-refractivity contribution is 5.92. The van der Waals surface area contributed by atoms with Crippen LogP contribution in [0.15, 0.2) is 77.6 Å². The molecule has 0 unspecified atom stereocenters. The molecule has 174 valence electrons. The number of pyridine rings is 1. The van der Waals surface area contributed by atoms with Crippen molar-refractivity contribution >= 4 is 28.2 Å². The second-order valence-corrected chi connectivity index (χ2v) is 7.60. The molecule has 1 aromatic heterocycles. The third kappa shape index (κ3) is 5.01. The molecule has 4 rings (SSSR count). The molecule has 4 aromatic rings. The van der Waals surface area contributed by atoms with Crippen LogP contribution >= 0.6 is 0 Å². The van der Waals surface area contributed by atoms with Gasteiger partial charge in [0.15, 0.2) is 0 Å². The van der Waals surface area contributed by atoms with Crippen LogP contribution in [0.25, 0.3) is 10.9 Å². The van der Waals surface area contributed by atoms with Crippen LogP contribution in [0.1, 0.15) is 5.56 Å². The molecule has 0 fully saturated rings. The molecule has 34 heavy (non-hydrogen) atoms. The Kier molecular flexibility index (Phi) is 6.77. The van der Waals surface area contributed by atoms with E-state index < -0.39 is 11.7 Å². The van der Waals surface area contributed by atoms with Crippen molar-refractivity contribution in [1.82, 2.24) is 4.57 Å². The maximum absolute atomic E-state index is 14.0. The van der Waals surface area contributed by atoms with Crippen LogP contribution in [0, 0.1) is 5.82 Å². The number of benzene rings is 3. The first-order valence-electron chi connectivity index (χ1n) is 10.6. The lowest BCUT2D eigenvalue weighted by Gasteiger charge is -2.15. The standard InChI is InChI=1S/C26H24FN3O4/c1-33-20-11-8-19(9-12-20)28-15-18-13-17-7-10-21(34-2)14-24(17)30(26(18)32)16-25(31)29-23-6-4-3-5-22(23)27/h3-14,28H,15-16H2,1-2H3,(H,29,31). The number of hydrogen-bond acceptors (Lipinski definition) is 5. The minimum absolute atomic E-state index is 0.0553. The van der Waals surface area contributed by atoms with Crippen LogP contribution in [0.2, 0.25) is 0 Å². The summed E-state index contributed by atoms with van der Waals surface area (Å²) in [5.74, 6) is 0.219. The molecule has 0 radical (unpaired) electrons. The Hall–Kier alpha value is -4.33. The minimum atomic E-state index is -0.549. The molecular formula is C26H24FN3O4. The molecule has 0 aliphatic rings. The van der Waals surface area contributed by atoms with Crippen LogP contribution in [-0.2, 0) is 17.9 Å². The van der Waals surface area contributed by atoms with Crippen molar-refractivity contribution in [3.05, 3.63) is 94.5 Å². The van der Waals surface area contributed by atoms with Gasteiger partial charge in [0.05, 0.1) is 25.4 Å². The summed E-state index contributed by atoms with van der Waals surface area (Å²) in [4.78, 5) is 26.1. The summed E-state index contributed by atoms with van der Waals surface area (Å²) in [7, 11) is 3.12. The summed E-state index contributed by atoms with van der Waals surface area (Å²) in [5.41, 5.74) is 1.57. The van der Waals surface area contributed by atoms with Crippen molar-refractivity contribution < 1.29 is 18.7 Å². The molecule has 3 aromatic carbocycles. The molecule has 0 aliphatic heterocycles. The maximum atomic E-state index is 14.0. The number of ether oxygens (including phenoxy) is 2. The number of hydrogen-bond donors (Lipinski definition) is 2. The average molecular weight is 461 g/mol. The van der Waals surface area contributed by atoms with E-state index in [4.69, 9.17) is 9.47 Å². The molecule has 0 saturated carbocycles. The lowest BCUT2D eigenvalue weighted by Crippen LogP contribution is -2.31. The fraction of sp³-hybridized carbons (Fsp3) is 0.154. The molecule has 0 spiro atoms. The van der Waals surface area contributed by atoms with Gasteiger partial charge in [0.1, 0.15) is 23.9 Å². The number of nitrogens with zero attached hydrogens (tertiary/aromatic N) is 1. The quantitative estimate of drug-likeness (QED) is 0.406. The first-order chi connectivity index (χ1) is 16.5. The number of carbonyl (C=O) groups excluding carboxylic acids is 1. The first kappa shape index (κ1) is 22.8. The van der Waals surface area contributed by atoms with Crippen molar-refractivity contribution in [2.24, 2.45) is 0 Å². The van der Waals surface area contributed by atoms with Gasteiger partial charge in [-0.15, -0.1) is 0 Å². The summed E-state index contributed by atoms with van der Waals surface area (Å²) in [5, 5.41) is 6.53. The monoisotopic (exact) mass is 461 g/mol. The smallest absolute Gasteiger partial charge is 0.256 e. The van der Waals surface area contributed by atoms with E-state index >= 15 is 0 Å². The number of nitrogens with one attached hydrogen (secondary N) is 2. The Labute approximate surface area is 195 Å². The highest BCUT2D eigenvalue weighted by Gasteiger charge is 2.15. The van der Waals surface area contributed by atoms with Crippen LogP contribution in [0.5, 0.6) is 11.5 Å². The van der Waals surface area contributed by atoms with Crippen LogP contribution in [0.4, 0.5) is 15.8 Å². The fourth-order valence-electron chi connectivity index (χ4n) is 3.62. The number of carbonyl (C=O) groups is 1. The van der Waals surface area contributed by atoms with E-state index in [-0.39, 0.29) is 24.3 Å². The maximum Gasteiger partial charge on any atom is 0.256 e. The minimum Gasteiger partial charge on any atom is -0.497 e. The van der Waals surface area contributed by atoms with Gasteiger partial charge in [0, 0.05) is 23.9 Å². The van der Waals surface area contributed by atoms with Gasteiger partial charge in [-0.05, 0) is 60.0 Å². The summed E-state index contributed by atoms with van der Waals surface area (Å²) in [6.45, 7) is -0.0325. The van der Waals surface area contributed by atoms with Gasteiger partial charge >= 0.3 is 0 Å². The summed E-state index contributed by atoms with van der Waals surface area (Å²) >= 11 is 0. The molecule has 1 amide bonds.